The monoisotopic (exact) mass is 359 g/mol. The second-order valence-corrected chi connectivity index (χ2v) is 5.60. The average molecular weight is 359 g/mol. The van der Waals surface area contributed by atoms with Crippen LogP contribution in [-0.4, -0.2) is 41.8 Å². The molecular weight excluding hydrogens is 338 g/mol. The van der Waals surface area contributed by atoms with Crippen LogP contribution in [0.15, 0.2) is 48.5 Å². The van der Waals surface area contributed by atoms with Crippen LogP contribution in [0.3, 0.4) is 0 Å². The van der Waals surface area contributed by atoms with Gasteiger partial charge in [0.15, 0.2) is 11.5 Å². The molecule has 1 unspecified atom stereocenters. The first-order valence-corrected chi connectivity index (χ1v) is 8.02. The molecule has 0 fully saturated rings. The van der Waals surface area contributed by atoms with E-state index in [1.165, 1.54) is 7.11 Å². The third-order valence-electron chi connectivity index (χ3n) is 3.57. The number of carbonyl (C=O) groups excluding carboxylic acids is 1. The van der Waals surface area contributed by atoms with Crippen molar-refractivity contribution in [1.82, 2.24) is 5.32 Å². The van der Waals surface area contributed by atoms with Crippen LogP contribution in [-0.2, 0) is 11.4 Å². The molecule has 1 atom stereocenters. The number of rotatable bonds is 9. The summed E-state index contributed by atoms with van der Waals surface area (Å²) in [5.74, 6) is -0.673. The molecule has 2 rings (SSSR count). The second kappa shape index (κ2) is 9.43. The van der Waals surface area contributed by atoms with Gasteiger partial charge in [0.25, 0.3) is 5.91 Å². The summed E-state index contributed by atoms with van der Waals surface area (Å²) in [7, 11) is 1.51. The standard InChI is InChI=1S/C19H21NO6/c1-25-16-8-7-14(19(24)20-11-15(21)10-18(22)23)9-17(16)26-12-13-5-3-2-4-6-13/h2-9,15,21H,10-12H2,1H3,(H,20,24)(H,22,23). The molecular formula is C19H21NO6. The first-order chi connectivity index (χ1) is 12.5. The van der Waals surface area contributed by atoms with E-state index >= 15 is 0 Å². The number of nitrogens with one attached hydrogen (secondary N) is 1. The molecule has 0 bridgehead atoms. The maximum atomic E-state index is 12.2. The van der Waals surface area contributed by atoms with Crippen LogP contribution in [0.1, 0.15) is 22.3 Å². The summed E-state index contributed by atoms with van der Waals surface area (Å²) in [4.78, 5) is 22.7. The molecule has 0 saturated carbocycles. The van der Waals surface area contributed by atoms with E-state index < -0.39 is 24.4 Å². The zero-order chi connectivity index (χ0) is 18.9. The quantitative estimate of drug-likeness (QED) is 0.631. The van der Waals surface area contributed by atoms with Gasteiger partial charge in [0.1, 0.15) is 6.61 Å². The van der Waals surface area contributed by atoms with Gasteiger partial charge in [0, 0.05) is 12.1 Å². The number of hydrogen-bond donors (Lipinski definition) is 3. The largest absolute Gasteiger partial charge is 0.493 e. The predicted molar refractivity (Wildman–Crippen MR) is 94.4 cm³/mol. The molecule has 0 saturated heterocycles. The Balaban J connectivity index is 2.02. The zero-order valence-electron chi connectivity index (χ0n) is 14.3. The zero-order valence-corrected chi connectivity index (χ0v) is 14.3. The lowest BCUT2D eigenvalue weighted by Crippen LogP contribution is -2.33. The lowest BCUT2D eigenvalue weighted by Gasteiger charge is -2.13. The van der Waals surface area contributed by atoms with Crippen molar-refractivity contribution in [2.45, 2.75) is 19.1 Å². The fourth-order valence-electron chi connectivity index (χ4n) is 2.25. The van der Waals surface area contributed by atoms with Gasteiger partial charge < -0.3 is 25.0 Å². The number of aliphatic hydroxyl groups is 1. The summed E-state index contributed by atoms with van der Waals surface area (Å²) in [6.45, 7) is 0.164. The maximum Gasteiger partial charge on any atom is 0.306 e. The van der Waals surface area contributed by atoms with Gasteiger partial charge >= 0.3 is 5.97 Å². The first-order valence-electron chi connectivity index (χ1n) is 8.02. The molecule has 0 aliphatic carbocycles. The summed E-state index contributed by atoms with van der Waals surface area (Å²) in [5.41, 5.74) is 1.29. The predicted octanol–water partition coefficient (Wildman–Crippen LogP) is 1.84. The van der Waals surface area contributed by atoms with Crippen LogP contribution < -0.4 is 14.8 Å². The lowest BCUT2D eigenvalue weighted by atomic mass is 10.1. The van der Waals surface area contributed by atoms with E-state index in [9.17, 15) is 14.7 Å². The fourth-order valence-corrected chi connectivity index (χ4v) is 2.25. The highest BCUT2D eigenvalue weighted by Gasteiger charge is 2.14. The van der Waals surface area contributed by atoms with E-state index in [4.69, 9.17) is 14.6 Å². The Hall–Kier alpha value is -3.06. The number of benzene rings is 2. The summed E-state index contributed by atoms with van der Waals surface area (Å²) in [5, 5.41) is 20.6. The van der Waals surface area contributed by atoms with Gasteiger partial charge in [-0.1, -0.05) is 30.3 Å². The Bertz CT molecular complexity index is 747. The number of carboxylic acid groups (broad SMARTS) is 1. The molecule has 0 aliphatic heterocycles. The van der Waals surface area contributed by atoms with Crippen molar-refractivity contribution in [3.63, 3.8) is 0 Å². The minimum atomic E-state index is -1.15. The van der Waals surface area contributed by atoms with Gasteiger partial charge in [0.05, 0.1) is 19.6 Å². The van der Waals surface area contributed by atoms with E-state index in [1.807, 2.05) is 30.3 Å². The number of carboxylic acids is 1. The highest BCUT2D eigenvalue weighted by Crippen LogP contribution is 2.28. The topological polar surface area (TPSA) is 105 Å². The minimum Gasteiger partial charge on any atom is -0.493 e. The molecule has 0 aliphatic rings. The third kappa shape index (κ3) is 5.78. The van der Waals surface area contributed by atoms with Crippen LogP contribution in [0.5, 0.6) is 11.5 Å². The summed E-state index contributed by atoms with van der Waals surface area (Å²) in [6.07, 6.45) is -1.59. The number of carbonyl (C=O) groups is 2. The molecule has 2 aromatic carbocycles. The van der Waals surface area contributed by atoms with E-state index in [0.717, 1.165) is 5.56 Å². The summed E-state index contributed by atoms with van der Waals surface area (Å²) in [6, 6.07) is 14.3. The Labute approximate surface area is 151 Å². The van der Waals surface area contributed by atoms with Crippen molar-refractivity contribution in [3.05, 3.63) is 59.7 Å². The summed E-state index contributed by atoms with van der Waals surface area (Å²) >= 11 is 0. The Morgan fingerprint density at radius 1 is 1.12 bits per heavy atom. The number of amides is 1. The molecule has 0 aromatic heterocycles. The molecule has 7 nitrogen and oxygen atoms in total. The van der Waals surface area contributed by atoms with Crippen LogP contribution in [0.25, 0.3) is 0 Å². The highest BCUT2D eigenvalue weighted by molar-refractivity contribution is 5.94. The highest BCUT2D eigenvalue weighted by atomic mass is 16.5. The van der Waals surface area contributed by atoms with Crippen LogP contribution in [0.4, 0.5) is 0 Å². The molecule has 0 radical (unpaired) electrons. The molecule has 0 heterocycles. The number of ether oxygens (including phenoxy) is 2. The summed E-state index contributed by atoms with van der Waals surface area (Å²) < 4.78 is 11.0. The number of aliphatic hydroxyl groups excluding tert-OH is 1. The van der Waals surface area contributed by atoms with E-state index in [0.29, 0.717) is 23.7 Å². The Morgan fingerprint density at radius 2 is 1.85 bits per heavy atom. The Kier molecular flexibility index (Phi) is 6.99. The number of methoxy groups -OCH3 is 1. The van der Waals surface area contributed by atoms with E-state index in [-0.39, 0.29) is 6.54 Å². The van der Waals surface area contributed by atoms with Crippen LogP contribution in [0, 0.1) is 0 Å². The van der Waals surface area contributed by atoms with Crippen LogP contribution >= 0.6 is 0 Å². The first kappa shape index (κ1) is 19.3. The van der Waals surface area contributed by atoms with Crippen molar-refractivity contribution in [2.24, 2.45) is 0 Å². The van der Waals surface area contributed by atoms with Crippen molar-refractivity contribution in [2.75, 3.05) is 13.7 Å². The normalized spacial score (nSPS) is 11.5. The molecule has 1 amide bonds. The minimum absolute atomic E-state index is 0.155. The fraction of sp³-hybridized carbons (Fsp3) is 0.263. The van der Waals surface area contributed by atoms with Crippen LogP contribution in [0.2, 0.25) is 0 Å². The van der Waals surface area contributed by atoms with Gasteiger partial charge in [-0.25, -0.2) is 0 Å². The number of aliphatic carboxylic acids is 1. The maximum absolute atomic E-state index is 12.2. The molecule has 2 aromatic rings. The molecule has 0 spiro atoms. The number of hydrogen-bond acceptors (Lipinski definition) is 5. The lowest BCUT2D eigenvalue weighted by molar-refractivity contribution is -0.139. The van der Waals surface area contributed by atoms with Gasteiger partial charge in [-0.2, -0.15) is 0 Å². The smallest absolute Gasteiger partial charge is 0.306 e. The SMILES string of the molecule is COc1ccc(C(=O)NCC(O)CC(=O)O)cc1OCc1ccccc1. The Morgan fingerprint density at radius 3 is 2.50 bits per heavy atom. The molecule has 3 N–H and O–H groups in total. The van der Waals surface area contributed by atoms with Gasteiger partial charge in [-0.15, -0.1) is 0 Å². The van der Waals surface area contributed by atoms with Crippen molar-refractivity contribution in [3.8, 4) is 11.5 Å². The van der Waals surface area contributed by atoms with Gasteiger partial charge in [-0.05, 0) is 23.8 Å². The van der Waals surface area contributed by atoms with E-state index in [2.05, 4.69) is 5.32 Å². The molecule has 138 valence electrons. The molecule has 7 heteroatoms. The second-order valence-electron chi connectivity index (χ2n) is 5.60. The van der Waals surface area contributed by atoms with Crippen molar-refractivity contribution >= 4 is 11.9 Å². The van der Waals surface area contributed by atoms with Crippen molar-refractivity contribution in [1.29, 1.82) is 0 Å². The van der Waals surface area contributed by atoms with Gasteiger partial charge in [0.2, 0.25) is 0 Å². The van der Waals surface area contributed by atoms with E-state index in [1.54, 1.807) is 18.2 Å². The van der Waals surface area contributed by atoms with Crippen molar-refractivity contribution < 1.29 is 29.3 Å². The molecule has 26 heavy (non-hydrogen) atoms. The third-order valence-corrected chi connectivity index (χ3v) is 3.57. The van der Waals surface area contributed by atoms with Gasteiger partial charge in [-0.3, -0.25) is 9.59 Å². The average Bonchev–Trinajstić information content (AvgIpc) is 2.64.